The van der Waals surface area contributed by atoms with E-state index >= 15 is 0 Å². The Morgan fingerprint density at radius 1 is 1.30 bits per heavy atom. The van der Waals surface area contributed by atoms with E-state index in [2.05, 4.69) is 5.32 Å². The molecule has 0 aliphatic heterocycles. The number of benzene rings is 1. The predicted octanol–water partition coefficient (Wildman–Crippen LogP) is 3.35. The van der Waals surface area contributed by atoms with Gasteiger partial charge in [0.15, 0.2) is 0 Å². The highest BCUT2D eigenvalue weighted by molar-refractivity contribution is 6.05. The molecule has 1 heterocycles. The molecule has 1 aliphatic carbocycles. The molecule has 2 aromatic rings. The molecule has 1 aliphatic rings. The molecule has 1 amide bonds. The molecule has 0 atom stereocenters. The Morgan fingerprint density at radius 3 is 2.58 bits per heavy atom. The fourth-order valence-corrected chi connectivity index (χ4v) is 4.08. The van der Waals surface area contributed by atoms with E-state index in [9.17, 15) is 15.1 Å². The fraction of sp³-hybridized carbons (Fsp3) is 0.480. The molecule has 1 saturated carbocycles. The lowest BCUT2D eigenvalue weighted by Gasteiger charge is -2.31. The maximum absolute atomic E-state index is 13.0. The summed E-state index contributed by atoms with van der Waals surface area (Å²) in [5.74, 6) is -0.367. The topological polar surface area (TPSA) is 115 Å². The minimum absolute atomic E-state index is 0.0583. The van der Waals surface area contributed by atoms with Gasteiger partial charge in [0.05, 0.1) is 23.0 Å². The molecule has 8 nitrogen and oxygen atoms in total. The first-order valence-electron chi connectivity index (χ1n) is 11.4. The molecule has 0 unspecified atom stereocenters. The summed E-state index contributed by atoms with van der Waals surface area (Å²) in [4.78, 5) is 19.6. The molecule has 1 aromatic carbocycles. The highest BCUT2D eigenvalue weighted by Gasteiger charge is 2.28. The highest BCUT2D eigenvalue weighted by atomic mass is 16.5. The Morgan fingerprint density at radius 2 is 1.97 bits per heavy atom. The second-order valence-corrected chi connectivity index (χ2v) is 9.66. The summed E-state index contributed by atoms with van der Waals surface area (Å²) in [5, 5.41) is 23.6. The molecule has 0 saturated heterocycles. The van der Waals surface area contributed by atoms with Crippen LogP contribution < -0.4 is 20.7 Å². The third kappa shape index (κ3) is 5.82. The largest absolute Gasteiger partial charge is 0.398 e. The van der Waals surface area contributed by atoms with Gasteiger partial charge in [-0.1, -0.05) is 13.8 Å². The molecule has 0 bridgehead atoms. The summed E-state index contributed by atoms with van der Waals surface area (Å²) >= 11 is 0. The average molecular weight is 455 g/mol. The van der Waals surface area contributed by atoms with Crippen LogP contribution in [0.2, 0.25) is 0 Å². The summed E-state index contributed by atoms with van der Waals surface area (Å²) in [6.07, 6.45) is 4.85. The van der Waals surface area contributed by atoms with Gasteiger partial charge >= 0.3 is 11.6 Å². The van der Waals surface area contributed by atoms with Gasteiger partial charge in [-0.05, 0) is 50.8 Å². The number of nitrogens with zero attached hydrogens (tertiary/aromatic N) is 3. The van der Waals surface area contributed by atoms with Gasteiger partial charge in [-0.3, -0.25) is 15.0 Å². The van der Waals surface area contributed by atoms with Crippen LogP contribution in [0.3, 0.4) is 0 Å². The summed E-state index contributed by atoms with van der Waals surface area (Å²) < 4.78 is 0.937. The van der Waals surface area contributed by atoms with Crippen molar-refractivity contribution in [2.45, 2.75) is 64.0 Å². The zero-order valence-electron chi connectivity index (χ0n) is 20.2. The van der Waals surface area contributed by atoms with Crippen LogP contribution in [-0.4, -0.2) is 48.2 Å². The van der Waals surface area contributed by atoms with Crippen LogP contribution in [0, 0.1) is 0 Å². The van der Waals surface area contributed by atoms with Gasteiger partial charge in [0.2, 0.25) is 5.69 Å². The van der Waals surface area contributed by atoms with E-state index in [-0.39, 0.29) is 17.7 Å². The number of amides is 1. The fourth-order valence-electron chi connectivity index (χ4n) is 4.08. The number of carbonyl (C=O) groups excluding carboxylic acids is 1. The molecule has 0 spiro atoms. The normalized spacial score (nSPS) is 20.9. The predicted molar refractivity (Wildman–Crippen MR) is 132 cm³/mol. The molecular weight excluding hydrogens is 418 g/mol. The van der Waals surface area contributed by atoms with E-state index in [1.165, 1.54) is 0 Å². The minimum Gasteiger partial charge on any atom is -0.398 e. The van der Waals surface area contributed by atoms with Crippen molar-refractivity contribution in [3.05, 3.63) is 47.3 Å². The van der Waals surface area contributed by atoms with Crippen molar-refractivity contribution in [1.82, 2.24) is 0 Å². The molecule has 0 radical (unpaired) electrons. The van der Waals surface area contributed by atoms with Gasteiger partial charge in [-0.25, -0.2) is 0 Å². The van der Waals surface area contributed by atoms with Crippen molar-refractivity contribution < 1.29 is 19.8 Å². The van der Waals surface area contributed by atoms with E-state index in [0.717, 1.165) is 36.1 Å². The molecule has 178 valence electrons. The monoisotopic (exact) mass is 454 g/mol. The van der Waals surface area contributed by atoms with Crippen molar-refractivity contribution in [3.8, 4) is 0 Å². The Balaban J connectivity index is 1.88. The van der Waals surface area contributed by atoms with E-state index < -0.39 is 11.5 Å². The number of pyridine rings is 1. The van der Waals surface area contributed by atoms with E-state index in [1.54, 1.807) is 36.5 Å². The van der Waals surface area contributed by atoms with Crippen LogP contribution in [0.5, 0.6) is 0 Å². The van der Waals surface area contributed by atoms with Crippen molar-refractivity contribution in [2.24, 2.45) is 4.99 Å². The van der Waals surface area contributed by atoms with Gasteiger partial charge in [0.1, 0.15) is 0 Å². The summed E-state index contributed by atoms with van der Waals surface area (Å²) in [7, 11) is 3.75. The van der Waals surface area contributed by atoms with Crippen molar-refractivity contribution in [2.75, 3.05) is 30.0 Å². The first-order chi connectivity index (χ1) is 15.5. The molecule has 5 N–H and O–H groups in total. The quantitative estimate of drug-likeness (QED) is 0.231. The molecule has 8 heteroatoms. The number of rotatable bonds is 6. The van der Waals surface area contributed by atoms with E-state index in [4.69, 9.17) is 10.7 Å². The number of nitrogens with one attached hydrogen (secondary N) is 1. The average Bonchev–Trinajstić information content (AvgIpc) is 2.74. The first-order valence-corrected chi connectivity index (χ1v) is 11.4. The number of hydrogen-bond donors (Lipinski definition) is 4. The lowest BCUT2D eigenvalue weighted by atomic mass is 9.84. The molecule has 1 aromatic heterocycles. The maximum atomic E-state index is 13.0. The number of carbonyl (C=O) groups is 1. The van der Waals surface area contributed by atoms with Gasteiger partial charge < -0.3 is 21.1 Å². The minimum atomic E-state index is -0.605. The molecule has 33 heavy (non-hydrogen) atoms. The highest BCUT2D eigenvalue weighted by Crippen LogP contribution is 2.32. The van der Waals surface area contributed by atoms with Crippen molar-refractivity contribution in [3.63, 3.8) is 0 Å². The molecule has 3 rings (SSSR count). The lowest BCUT2D eigenvalue weighted by molar-refractivity contribution is -0.911. The standard InChI is InChI=1S/C25H35N5O3/c1-16(2)21-7-6-8-22(30(21)33)24(31)28-20-13-17(19(26)14-23(20)29(4)5)15-27-18-9-11-25(3,32)12-10-18/h6-8,13-16,18,26,31-33H,9-12H2,1-5H3/p+1. The van der Waals surface area contributed by atoms with Crippen LogP contribution >= 0.6 is 0 Å². The molecule has 1 fully saturated rings. The summed E-state index contributed by atoms with van der Waals surface area (Å²) in [6, 6.07) is 8.87. The summed E-state index contributed by atoms with van der Waals surface area (Å²) in [5.41, 5.74) is 9.06. The third-order valence-electron chi connectivity index (χ3n) is 6.21. The third-order valence-corrected chi connectivity index (χ3v) is 6.21. The Labute approximate surface area is 195 Å². The van der Waals surface area contributed by atoms with Gasteiger partial charge in [-0.15, -0.1) is 0 Å². The van der Waals surface area contributed by atoms with Crippen LogP contribution in [0.15, 0.2) is 35.3 Å². The number of anilines is 3. The van der Waals surface area contributed by atoms with Crippen LogP contribution in [-0.2, 0) is 0 Å². The van der Waals surface area contributed by atoms with E-state index in [1.807, 2.05) is 39.8 Å². The Hall–Kier alpha value is -3.13. The zero-order valence-corrected chi connectivity index (χ0v) is 20.2. The molecular formula is C25H36N5O3+. The van der Waals surface area contributed by atoms with Gasteiger partial charge in [0.25, 0.3) is 0 Å². The van der Waals surface area contributed by atoms with Crippen molar-refractivity contribution in [1.29, 1.82) is 0 Å². The second-order valence-electron chi connectivity index (χ2n) is 9.66. The number of hydrogen-bond acceptors (Lipinski definition) is 6. The Kier molecular flexibility index (Phi) is 7.27. The zero-order chi connectivity index (χ0) is 24.3. The summed E-state index contributed by atoms with van der Waals surface area (Å²) in [6.45, 7) is 5.77. The second kappa shape index (κ2) is 9.79. The number of aliphatic hydroxyl groups is 1. The first kappa shape index (κ1) is 24.5. The number of nitrogen functional groups attached to an aromatic ring is 1. The van der Waals surface area contributed by atoms with Crippen LogP contribution in [0.25, 0.3) is 0 Å². The van der Waals surface area contributed by atoms with Crippen molar-refractivity contribution >= 4 is 29.2 Å². The smallest absolute Gasteiger partial charge is 0.325 e. The number of aromatic nitrogens is 1. The van der Waals surface area contributed by atoms with Gasteiger partial charge in [0, 0.05) is 54.3 Å². The Bertz CT molecular complexity index is 1040. The van der Waals surface area contributed by atoms with Crippen LogP contribution in [0.4, 0.5) is 17.1 Å². The van der Waals surface area contributed by atoms with E-state index in [0.29, 0.717) is 22.6 Å². The SMILES string of the molecule is CC(C)c1cccc(C(=O)Nc2cc(C=NC3CCC(C)(O)CC3)c(N)cc2N(C)C)[n+]1O. The number of aliphatic imine (C=N–C) groups is 1. The number of nitrogens with two attached hydrogens (primary N) is 1. The maximum Gasteiger partial charge on any atom is 0.325 e. The lowest BCUT2D eigenvalue weighted by Crippen LogP contribution is -2.43. The van der Waals surface area contributed by atoms with Gasteiger partial charge in [-0.2, -0.15) is 0 Å². The van der Waals surface area contributed by atoms with Crippen LogP contribution in [0.1, 0.15) is 74.1 Å².